The molecule has 186 valence electrons. The summed E-state index contributed by atoms with van der Waals surface area (Å²) < 4.78 is 76.2. The van der Waals surface area contributed by atoms with Crippen molar-refractivity contribution in [3.05, 3.63) is 93.1 Å². The largest absolute Gasteiger partial charge is 0.466 e. The Morgan fingerprint density at radius 1 is 1.00 bits per heavy atom. The van der Waals surface area contributed by atoms with Crippen LogP contribution in [0.1, 0.15) is 24.0 Å². The lowest BCUT2D eigenvalue weighted by molar-refractivity contribution is -0.136. The van der Waals surface area contributed by atoms with Crippen molar-refractivity contribution in [3.8, 4) is 0 Å². The number of rotatable bonds is 4. The van der Waals surface area contributed by atoms with Gasteiger partial charge in [-0.15, -0.1) is 12.4 Å². The molecule has 4 rings (SSSR count). The number of ether oxygens (including phenoxy) is 1. The van der Waals surface area contributed by atoms with Crippen LogP contribution in [-0.4, -0.2) is 36.9 Å². The fourth-order valence-electron chi connectivity index (χ4n) is 4.42. The lowest BCUT2D eigenvalue weighted by Crippen LogP contribution is -2.45. The molecule has 2 aliphatic rings. The maximum absolute atomic E-state index is 14.8. The summed E-state index contributed by atoms with van der Waals surface area (Å²) in [6, 6.07) is 9.23. The number of methoxy groups -OCH3 is 1. The summed E-state index contributed by atoms with van der Waals surface area (Å²) in [6.07, 6.45) is 0. The van der Waals surface area contributed by atoms with Gasteiger partial charge in [0.25, 0.3) is 0 Å². The minimum atomic E-state index is -2.33. The van der Waals surface area contributed by atoms with E-state index in [4.69, 9.17) is 4.74 Å². The van der Waals surface area contributed by atoms with E-state index in [0.29, 0.717) is 6.54 Å². The normalized spacial score (nSPS) is 18.1. The molecule has 0 aliphatic carbocycles. The molecular weight excluding hydrogens is 495 g/mol. The molecule has 2 heterocycles. The number of allylic oxidation sites excluding steroid dienone is 1. The fourth-order valence-corrected chi connectivity index (χ4v) is 4.42. The molecule has 0 aromatic heterocycles. The van der Waals surface area contributed by atoms with Gasteiger partial charge in [0.15, 0.2) is 29.1 Å². The number of dihydropyridines is 1. The van der Waals surface area contributed by atoms with Crippen LogP contribution in [0.3, 0.4) is 0 Å². The monoisotopic (exact) mass is 514 g/mol. The number of esters is 1. The number of carbonyl (C=O) groups excluding carboxylic acids is 2. The summed E-state index contributed by atoms with van der Waals surface area (Å²) >= 11 is 0. The molecule has 2 aliphatic heterocycles. The maximum atomic E-state index is 14.8. The summed E-state index contributed by atoms with van der Waals surface area (Å²) in [5.74, 6) is -14.4. The highest BCUT2D eigenvalue weighted by atomic mass is 35.5. The van der Waals surface area contributed by atoms with Crippen LogP contribution in [0.2, 0.25) is 0 Å². The van der Waals surface area contributed by atoms with E-state index < -0.39 is 57.9 Å². The zero-order valence-electron chi connectivity index (χ0n) is 18.6. The third-order valence-electron chi connectivity index (χ3n) is 5.88. The lowest BCUT2D eigenvalue weighted by Gasteiger charge is -2.38. The summed E-state index contributed by atoms with van der Waals surface area (Å²) in [6.45, 7) is 1.71. The summed E-state index contributed by atoms with van der Waals surface area (Å²) in [4.78, 5) is 27.5. The molecule has 0 fully saturated rings. The molecule has 0 saturated carbocycles. The fraction of sp³-hybridized carbons (Fsp3) is 0.250. The second-order valence-electron chi connectivity index (χ2n) is 8.02. The summed E-state index contributed by atoms with van der Waals surface area (Å²) in [5, 5.41) is 2.90. The zero-order valence-corrected chi connectivity index (χ0v) is 19.4. The number of nitrogens with one attached hydrogen (secondary N) is 1. The van der Waals surface area contributed by atoms with E-state index in [1.165, 1.54) is 6.92 Å². The van der Waals surface area contributed by atoms with E-state index in [1.54, 1.807) is 4.90 Å². The number of benzene rings is 2. The standard InChI is InChI=1S/C24H19F5N2O3.ClH/c1-11-15(24(33)34-2)17(18-19(25)21(27)23(29)22(28)20(18)26)16-13(30-11)9-31(10-14(16)32)8-12-6-4-3-5-7-12;/h3-7,17,30H,8-10H2,1-2H3;1H. The molecule has 0 saturated heterocycles. The lowest BCUT2D eigenvalue weighted by atomic mass is 9.76. The van der Waals surface area contributed by atoms with Gasteiger partial charge in [-0.25, -0.2) is 26.7 Å². The molecule has 0 bridgehead atoms. The highest BCUT2D eigenvalue weighted by Gasteiger charge is 2.44. The molecular formula is C24H20ClF5N2O3. The molecule has 11 heteroatoms. The highest BCUT2D eigenvalue weighted by Crippen LogP contribution is 2.43. The Balaban J connectivity index is 0.00000342. The van der Waals surface area contributed by atoms with Gasteiger partial charge < -0.3 is 10.1 Å². The van der Waals surface area contributed by atoms with Gasteiger partial charge in [0.1, 0.15) is 0 Å². The van der Waals surface area contributed by atoms with Crippen molar-refractivity contribution in [1.29, 1.82) is 0 Å². The van der Waals surface area contributed by atoms with Crippen molar-refractivity contribution in [2.24, 2.45) is 0 Å². The van der Waals surface area contributed by atoms with Crippen molar-refractivity contribution >= 4 is 24.2 Å². The van der Waals surface area contributed by atoms with Gasteiger partial charge in [-0.05, 0) is 12.5 Å². The Labute approximate surface area is 203 Å². The number of Topliss-reactive ketones (excluding diaryl/α,β-unsaturated/α-hetero) is 1. The Bertz CT molecular complexity index is 1230. The van der Waals surface area contributed by atoms with Crippen LogP contribution in [0, 0.1) is 29.1 Å². The summed E-state index contributed by atoms with van der Waals surface area (Å²) in [7, 11) is 1.01. The van der Waals surface area contributed by atoms with Gasteiger partial charge in [-0.3, -0.25) is 9.69 Å². The van der Waals surface area contributed by atoms with Crippen molar-refractivity contribution < 1.29 is 36.3 Å². The van der Waals surface area contributed by atoms with Gasteiger partial charge in [0, 0.05) is 35.6 Å². The van der Waals surface area contributed by atoms with E-state index in [9.17, 15) is 31.5 Å². The minimum absolute atomic E-state index is 0. The Kier molecular flexibility index (Phi) is 7.66. The van der Waals surface area contributed by atoms with Crippen LogP contribution < -0.4 is 5.32 Å². The van der Waals surface area contributed by atoms with Crippen LogP contribution in [0.5, 0.6) is 0 Å². The predicted molar refractivity (Wildman–Crippen MR) is 118 cm³/mol. The first-order chi connectivity index (χ1) is 16.1. The molecule has 2 aromatic carbocycles. The predicted octanol–water partition coefficient (Wildman–Crippen LogP) is 4.28. The second kappa shape index (κ2) is 10.2. The first kappa shape index (κ1) is 26.4. The van der Waals surface area contributed by atoms with E-state index >= 15 is 0 Å². The number of carbonyl (C=O) groups is 2. The van der Waals surface area contributed by atoms with Crippen LogP contribution in [0.15, 0.2) is 52.9 Å². The number of hydrogen-bond acceptors (Lipinski definition) is 5. The Morgan fingerprint density at radius 3 is 2.14 bits per heavy atom. The van der Waals surface area contributed by atoms with Crippen LogP contribution in [-0.2, 0) is 20.9 Å². The molecule has 2 aromatic rings. The molecule has 35 heavy (non-hydrogen) atoms. The van der Waals surface area contributed by atoms with Crippen molar-refractivity contribution in [1.82, 2.24) is 10.2 Å². The van der Waals surface area contributed by atoms with E-state index in [2.05, 4.69) is 5.32 Å². The number of ketones is 1. The molecule has 0 spiro atoms. The first-order valence-electron chi connectivity index (χ1n) is 10.3. The number of hydrogen-bond donors (Lipinski definition) is 1. The van der Waals surface area contributed by atoms with Crippen molar-refractivity contribution in [2.75, 3.05) is 20.2 Å². The topological polar surface area (TPSA) is 58.6 Å². The van der Waals surface area contributed by atoms with Gasteiger partial charge in [0.05, 0.1) is 25.1 Å². The van der Waals surface area contributed by atoms with Crippen LogP contribution in [0.4, 0.5) is 22.0 Å². The first-order valence-corrected chi connectivity index (χ1v) is 10.3. The van der Waals surface area contributed by atoms with Crippen LogP contribution >= 0.6 is 12.4 Å². The molecule has 5 nitrogen and oxygen atoms in total. The molecule has 0 radical (unpaired) electrons. The van der Waals surface area contributed by atoms with Gasteiger partial charge in [0.2, 0.25) is 5.82 Å². The SMILES string of the molecule is COC(=O)C1=C(C)NC2=C(C(=O)CN(Cc3ccccc3)C2)C1c1c(F)c(F)c(F)c(F)c1F.Cl. The molecule has 1 N–H and O–H groups in total. The quantitative estimate of drug-likeness (QED) is 0.286. The van der Waals surface area contributed by atoms with Gasteiger partial charge in [-0.1, -0.05) is 30.3 Å². The maximum Gasteiger partial charge on any atom is 0.336 e. The molecule has 1 unspecified atom stereocenters. The zero-order chi connectivity index (χ0) is 24.7. The van der Waals surface area contributed by atoms with E-state index in [1.807, 2.05) is 30.3 Å². The molecule has 0 amide bonds. The van der Waals surface area contributed by atoms with E-state index in [0.717, 1.165) is 12.7 Å². The van der Waals surface area contributed by atoms with E-state index in [-0.39, 0.29) is 42.5 Å². The van der Waals surface area contributed by atoms with Crippen molar-refractivity contribution in [2.45, 2.75) is 19.4 Å². The van der Waals surface area contributed by atoms with Gasteiger partial charge >= 0.3 is 5.97 Å². The Hall–Kier alpha value is -3.24. The molecule has 1 atom stereocenters. The van der Waals surface area contributed by atoms with Crippen molar-refractivity contribution in [3.63, 3.8) is 0 Å². The van der Waals surface area contributed by atoms with Crippen LogP contribution in [0.25, 0.3) is 0 Å². The highest BCUT2D eigenvalue weighted by molar-refractivity contribution is 6.04. The van der Waals surface area contributed by atoms with Gasteiger partial charge in [-0.2, -0.15) is 0 Å². The third kappa shape index (κ3) is 4.55. The average molecular weight is 515 g/mol. The Morgan fingerprint density at radius 2 is 1.57 bits per heavy atom. The minimum Gasteiger partial charge on any atom is -0.466 e. The summed E-state index contributed by atoms with van der Waals surface area (Å²) in [5.41, 5.74) is -0.711. The number of halogens is 6. The third-order valence-corrected chi connectivity index (χ3v) is 5.88. The smallest absolute Gasteiger partial charge is 0.336 e. The average Bonchev–Trinajstić information content (AvgIpc) is 2.81. The number of nitrogens with zero attached hydrogens (tertiary/aromatic N) is 1. The second-order valence-corrected chi connectivity index (χ2v) is 8.02.